The monoisotopic (exact) mass is 391 g/mol. The van der Waals surface area contributed by atoms with Gasteiger partial charge < -0.3 is 15.6 Å². The lowest BCUT2D eigenvalue weighted by Crippen LogP contribution is -2.31. The van der Waals surface area contributed by atoms with Crippen molar-refractivity contribution in [2.45, 2.75) is 6.42 Å². The van der Waals surface area contributed by atoms with Gasteiger partial charge in [0.25, 0.3) is 11.8 Å². The molecule has 29 heavy (non-hydrogen) atoms. The number of carbonyl (C=O) groups excluding carboxylic acids is 2. The minimum absolute atomic E-state index is 0.228. The van der Waals surface area contributed by atoms with Gasteiger partial charge in [-0.25, -0.2) is 8.78 Å². The highest BCUT2D eigenvalue weighted by atomic mass is 19.1. The predicted molar refractivity (Wildman–Crippen MR) is 105 cm³/mol. The van der Waals surface area contributed by atoms with Crippen LogP contribution >= 0.6 is 0 Å². The maximum Gasteiger partial charge on any atom is 0.256 e. The number of hydrogen-bond donors (Lipinski definition) is 3. The fourth-order valence-electron chi connectivity index (χ4n) is 3.87. The van der Waals surface area contributed by atoms with E-state index >= 15 is 0 Å². The molecule has 144 valence electrons. The summed E-state index contributed by atoms with van der Waals surface area (Å²) in [6, 6.07) is 9.90. The number of halogens is 2. The zero-order valence-corrected chi connectivity index (χ0v) is 15.1. The van der Waals surface area contributed by atoms with Crippen molar-refractivity contribution < 1.29 is 18.4 Å². The van der Waals surface area contributed by atoms with Crippen molar-refractivity contribution in [2.75, 3.05) is 11.9 Å². The molecule has 0 bridgehead atoms. The first kappa shape index (κ1) is 17.4. The Bertz CT molecular complexity index is 1210. The third kappa shape index (κ3) is 2.82. The molecular formula is C22H15F2N3O2. The van der Waals surface area contributed by atoms with Crippen molar-refractivity contribution in [2.24, 2.45) is 0 Å². The SMILES string of the molecule is O=C1Nc2ccc(F)cc2C1=Cc1[nH]c2c(c1-c1ccc(F)cc1)C(=O)NCC2. The predicted octanol–water partition coefficient (Wildman–Crippen LogP) is 3.74. The van der Waals surface area contributed by atoms with Gasteiger partial charge in [0.2, 0.25) is 0 Å². The molecule has 5 rings (SSSR count). The summed E-state index contributed by atoms with van der Waals surface area (Å²) >= 11 is 0. The van der Waals surface area contributed by atoms with Gasteiger partial charge in [0, 0.05) is 41.2 Å². The van der Waals surface area contributed by atoms with Gasteiger partial charge in [-0.3, -0.25) is 9.59 Å². The molecule has 0 spiro atoms. The van der Waals surface area contributed by atoms with Gasteiger partial charge in [-0.15, -0.1) is 0 Å². The number of rotatable bonds is 2. The minimum atomic E-state index is -0.449. The zero-order valence-electron chi connectivity index (χ0n) is 15.1. The van der Waals surface area contributed by atoms with E-state index in [1.54, 1.807) is 18.2 Å². The first-order valence-electron chi connectivity index (χ1n) is 9.13. The molecular weight excluding hydrogens is 376 g/mol. The third-order valence-electron chi connectivity index (χ3n) is 5.18. The molecule has 3 heterocycles. The van der Waals surface area contributed by atoms with E-state index in [4.69, 9.17) is 0 Å². The molecule has 0 atom stereocenters. The number of fused-ring (bicyclic) bond motifs is 2. The van der Waals surface area contributed by atoms with Crippen molar-refractivity contribution in [3.05, 3.63) is 76.6 Å². The molecule has 0 aliphatic carbocycles. The van der Waals surface area contributed by atoms with Gasteiger partial charge in [0.15, 0.2) is 0 Å². The quantitative estimate of drug-likeness (QED) is 0.583. The van der Waals surface area contributed by atoms with Crippen molar-refractivity contribution in [3.8, 4) is 11.1 Å². The fraction of sp³-hybridized carbons (Fsp3) is 0.0909. The zero-order chi connectivity index (χ0) is 20.1. The highest BCUT2D eigenvalue weighted by molar-refractivity contribution is 6.35. The Kier molecular flexibility index (Phi) is 3.84. The topological polar surface area (TPSA) is 74.0 Å². The summed E-state index contributed by atoms with van der Waals surface area (Å²) in [6.07, 6.45) is 2.22. The molecule has 7 heteroatoms. The number of anilines is 1. The highest BCUT2D eigenvalue weighted by Gasteiger charge is 2.29. The molecule has 1 aromatic heterocycles. The first-order chi connectivity index (χ1) is 14.0. The lowest BCUT2D eigenvalue weighted by molar-refractivity contribution is -0.110. The summed E-state index contributed by atoms with van der Waals surface area (Å²) in [6.45, 7) is 0.500. The van der Waals surface area contributed by atoms with Crippen LogP contribution in [-0.4, -0.2) is 23.3 Å². The second kappa shape index (κ2) is 6.41. The third-order valence-corrected chi connectivity index (χ3v) is 5.18. The van der Waals surface area contributed by atoms with E-state index < -0.39 is 5.82 Å². The van der Waals surface area contributed by atoms with Crippen LogP contribution in [0.2, 0.25) is 0 Å². The van der Waals surface area contributed by atoms with E-state index in [2.05, 4.69) is 15.6 Å². The number of nitrogens with one attached hydrogen (secondary N) is 3. The number of amides is 2. The Labute approximate surface area is 164 Å². The Morgan fingerprint density at radius 2 is 1.66 bits per heavy atom. The first-order valence-corrected chi connectivity index (χ1v) is 9.13. The van der Waals surface area contributed by atoms with Crippen LogP contribution in [0.5, 0.6) is 0 Å². The lowest BCUT2D eigenvalue weighted by atomic mass is 9.95. The number of H-pyrrole nitrogens is 1. The fourth-order valence-corrected chi connectivity index (χ4v) is 3.87. The summed E-state index contributed by atoms with van der Waals surface area (Å²) < 4.78 is 27.2. The van der Waals surface area contributed by atoms with E-state index in [-0.39, 0.29) is 17.6 Å². The van der Waals surface area contributed by atoms with Crippen LogP contribution in [0.3, 0.4) is 0 Å². The van der Waals surface area contributed by atoms with Crippen LogP contribution < -0.4 is 10.6 Å². The molecule has 3 aromatic rings. The average Bonchev–Trinajstić information content (AvgIpc) is 3.21. The van der Waals surface area contributed by atoms with Crippen LogP contribution in [0.15, 0.2) is 42.5 Å². The van der Waals surface area contributed by atoms with Gasteiger partial charge in [-0.1, -0.05) is 12.1 Å². The van der Waals surface area contributed by atoms with E-state index in [0.29, 0.717) is 52.2 Å². The molecule has 0 saturated heterocycles. The van der Waals surface area contributed by atoms with Crippen LogP contribution in [0.4, 0.5) is 14.5 Å². The summed E-state index contributed by atoms with van der Waals surface area (Å²) in [5.74, 6) is -1.42. The standard InChI is InChI=1S/C22H15F2N3O2/c23-12-3-1-11(2-4-12)19-18(26-17-7-8-25-22(29)20(17)19)10-15-14-9-13(24)5-6-16(14)27-21(15)28/h1-6,9-10,26H,7-8H2,(H,25,29)(H,27,28). The Morgan fingerprint density at radius 1 is 0.897 bits per heavy atom. The summed E-state index contributed by atoms with van der Waals surface area (Å²) in [5.41, 5.74) is 4.28. The molecule has 5 nitrogen and oxygen atoms in total. The molecule has 2 amide bonds. The van der Waals surface area contributed by atoms with Gasteiger partial charge in [-0.05, 0) is 42.0 Å². The highest BCUT2D eigenvalue weighted by Crippen LogP contribution is 2.38. The second-order valence-electron chi connectivity index (χ2n) is 6.98. The second-order valence-corrected chi connectivity index (χ2v) is 6.98. The number of carbonyl (C=O) groups is 2. The van der Waals surface area contributed by atoms with Crippen molar-refractivity contribution in [1.29, 1.82) is 0 Å². The number of benzene rings is 2. The lowest BCUT2D eigenvalue weighted by Gasteiger charge is -2.14. The molecule has 0 saturated carbocycles. The molecule has 3 N–H and O–H groups in total. The Hall–Kier alpha value is -3.74. The molecule has 2 aliphatic rings. The van der Waals surface area contributed by atoms with Gasteiger partial charge >= 0.3 is 0 Å². The minimum Gasteiger partial charge on any atom is -0.358 e. The van der Waals surface area contributed by atoms with Gasteiger partial charge in [-0.2, -0.15) is 0 Å². The van der Waals surface area contributed by atoms with Crippen LogP contribution in [0.25, 0.3) is 22.8 Å². The summed E-state index contributed by atoms with van der Waals surface area (Å²) in [4.78, 5) is 28.3. The maximum absolute atomic E-state index is 13.8. The molecule has 0 fully saturated rings. The Morgan fingerprint density at radius 3 is 2.45 bits per heavy atom. The van der Waals surface area contributed by atoms with Gasteiger partial charge in [0.1, 0.15) is 11.6 Å². The van der Waals surface area contributed by atoms with Gasteiger partial charge in [0.05, 0.1) is 11.1 Å². The summed E-state index contributed by atoms with van der Waals surface area (Å²) in [5, 5.41) is 5.53. The van der Waals surface area contributed by atoms with E-state index in [0.717, 1.165) is 5.69 Å². The maximum atomic E-state index is 13.8. The summed E-state index contributed by atoms with van der Waals surface area (Å²) in [7, 11) is 0. The van der Waals surface area contributed by atoms with Crippen LogP contribution in [0, 0.1) is 11.6 Å². The number of hydrogen-bond acceptors (Lipinski definition) is 2. The average molecular weight is 391 g/mol. The van der Waals surface area contributed by atoms with E-state index in [1.165, 1.54) is 30.3 Å². The molecule has 0 radical (unpaired) electrons. The van der Waals surface area contributed by atoms with Crippen LogP contribution in [-0.2, 0) is 11.2 Å². The van der Waals surface area contributed by atoms with E-state index in [9.17, 15) is 18.4 Å². The molecule has 2 aromatic carbocycles. The van der Waals surface area contributed by atoms with Crippen molar-refractivity contribution >= 4 is 29.2 Å². The molecule has 0 unspecified atom stereocenters. The van der Waals surface area contributed by atoms with Crippen molar-refractivity contribution in [1.82, 2.24) is 10.3 Å². The van der Waals surface area contributed by atoms with Crippen molar-refractivity contribution in [3.63, 3.8) is 0 Å². The Balaban J connectivity index is 1.73. The smallest absolute Gasteiger partial charge is 0.256 e. The molecule has 2 aliphatic heterocycles. The number of aromatic nitrogens is 1. The normalized spacial score (nSPS) is 16.4. The number of aromatic amines is 1. The van der Waals surface area contributed by atoms with E-state index in [1.807, 2.05) is 0 Å². The largest absolute Gasteiger partial charge is 0.358 e. The van der Waals surface area contributed by atoms with Crippen LogP contribution in [0.1, 0.15) is 27.3 Å².